The number of H-pyrrole nitrogens is 2. The minimum atomic E-state index is -4.65. The Morgan fingerprint density at radius 2 is 1.59 bits per heavy atom. The molecule has 0 saturated heterocycles. The molecule has 0 radical (unpaired) electrons. The number of nitrogens with one attached hydrogen (secondary N) is 3. The second kappa shape index (κ2) is 11.8. The molecule has 2 bridgehead atoms. The van der Waals surface area contributed by atoms with E-state index in [2.05, 4.69) is 15.3 Å². The van der Waals surface area contributed by atoms with Crippen LogP contribution in [0, 0.1) is 24.7 Å². The number of anilines is 2. The highest BCUT2D eigenvalue weighted by atomic mass is 35.5. The van der Waals surface area contributed by atoms with Crippen LogP contribution in [0.3, 0.4) is 0 Å². The first-order valence-corrected chi connectivity index (χ1v) is 19.1. The van der Waals surface area contributed by atoms with Crippen LogP contribution in [0.25, 0.3) is 21.8 Å². The van der Waals surface area contributed by atoms with Crippen molar-refractivity contribution in [2.24, 2.45) is 10.8 Å². The minimum absolute atomic E-state index is 0.0177. The van der Waals surface area contributed by atoms with Gasteiger partial charge >= 0.3 is 14.3 Å². The number of benzene rings is 2. The molecule has 4 aromatic rings. The summed E-state index contributed by atoms with van der Waals surface area (Å²) in [5.41, 5.74) is 4.85. The van der Waals surface area contributed by atoms with Gasteiger partial charge in [-0.2, -0.15) is 14.7 Å². The van der Waals surface area contributed by atoms with Crippen molar-refractivity contribution in [2.45, 2.75) is 45.4 Å². The maximum Gasteiger partial charge on any atom is 0.613 e. The van der Waals surface area contributed by atoms with E-state index >= 15 is 0 Å². The van der Waals surface area contributed by atoms with E-state index in [0.29, 0.717) is 68.8 Å². The molecule has 270 valence electrons. The quantitative estimate of drug-likeness (QED) is 0.107. The van der Waals surface area contributed by atoms with Crippen molar-refractivity contribution in [3.05, 3.63) is 46.8 Å². The summed E-state index contributed by atoms with van der Waals surface area (Å²) < 4.78 is 11.1. The average Bonchev–Trinajstić information content (AvgIpc) is 3.82. The Morgan fingerprint density at radius 3 is 2.22 bits per heavy atom. The lowest BCUT2D eigenvalue weighted by molar-refractivity contribution is -0.204. The van der Waals surface area contributed by atoms with Crippen LogP contribution < -0.4 is 24.4 Å². The molecule has 5 aliphatic rings. The fourth-order valence-corrected chi connectivity index (χ4v) is 9.70. The summed E-state index contributed by atoms with van der Waals surface area (Å²) in [5, 5.41) is 4.73. The molecule has 2 aliphatic heterocycles. The lowest BCUT2D eigenvalue weighted by Gasteiger charge is -2.69. The second-order valence-corrected chi connectivity index (χ2v) is 16.2. The third kappa shape index (κ3) is 5.14. The van der Waals surface area contributed by atoms with Crippen LogP contribution in [0.2, 0.25) is 0 Å². The van der Waals surface area contributed by atoms with Crippen LogP contribution in [0.4, 0.5) is 16.2 Å². The number of hydrogen-bond donors (Lipinski definition) is 6. The molecule has 1 unspecified atom stereocenters. The highest BCUT2D eigenvalue weighted by molar-refractivity contribution is 7.53. The molecule has 3 amide bonds. The summed E-state index contributed by atoms with van der Waals surface area (Å²) in [6, 6.07) is 3.34. The zero-order chi connectivity index (χ0) is 36.2. The largest absolute Gasteiger partial charge is 0.613 e. The Hall–Kier alpha value is -3.91. The van der Waals surface area contributed by atoms with Gasteiger partial charge in [0.1, 0.15) is 0 Å². The predicted octanol–water partition coefficient (Wildman–Crippen LogP) is 4.38. The highest BCUT2D eigenvalue weighted by Gasteiger charge is 2.76. The van der Waals surface area contributed by atoms with Crippen LogP contribution in [-0.2, 0) is 16.0 Å². The predicted molar refractivity (Wildman–Crippen MR) is 193 cm³/mol. The normalized spacial score (nSPS) is 23.3. The molecule has 51 heavy (non-hydrogen) atoms. The van der Waals surface area contributed by atoms with Gasteiger partial charge in [-0.05, 0) is 68.8 Å². The van der Waals surface area contributed by atoms with E-state index in [1.807, 2.05) is 27.1 Å². The smallest absolute Gasteiger partial charge is 0.408 e. The monoisotopic (exact) mass is 739 g/mol. The molecule has 4 heterocycles. The van der Waals surface area contributed by atoms with Gasteiger partial charge in [0.2, 0.25) is 17.6 Å². The summed E-state index contributed by atoms with van der Waals surface area (Å²) in [6.07, 6.45) is 5.05. The number of hydrogen-bond acceptors (Lipinski definition) is 9. The van der Waals surface area contributed by atoms with Gasteiger partial charge < -0.3 is 34.7 Å². The number of alkyl halides is 1. The van der Waals surface area contributed by atoms with Crippen LogP contribution in [0.1, 0.15) is 47.4 Å². The third-order valence-electron chi connectivity index (χ3n) is 11.4. The van der Waals surface area contributed by atoms with Gasteiger partial charge in [-0.3, -0.25) is 14.1 Å². The van der Waals surface area contributed by atoms with Gasteiger partial charge in [-0.1, -0.05) is 0 Å². The summed E-state index contributed by atoms with van der Waals surface area (Å²) in [7, 11) is -1.16. The van der Waals surface area contributed by atoms with Gasteiger partial charge in [-0.15, -0.1) is 11.6 Å². The van der Waals surface area contributed by atoms with E-state index in [9.17, 15) is 29.1 Å². The maximum absolute atomic E-state index is 14.4. The number of aryl methyl sites for hydroxylation is 2. The van der Waals surface area contributed by atoms with Gasteiger partial charge in [0, 0.05) is 80.3 Å². The number of carbonyl (C=O) groups is 3. The van der Waals surface area contributed by atoms with Crippen molar-refractivity contribution in [1.82, 2.24) is 20.2 Å². The number of nitrogens with zero attached hydrogens (tertiary/aromatic N) is 3. The van der Waals surface area contributed by atoms with E-state index in [1.54, 1.807) is 35.2 Å². The number of halogens is 1. The summed E-state index contributed by atoms with van der Waals surface area (Å²) in [5.74, 6) is 0.325. The molecule has 3 saturated carbocycles. The number of aromatic amines is 2. The Kier molecular flexibility index (Phi) is 7.91. The Labute approximate surface area is 299 Å². The number of ether oxygens (including phenoxy) is 1. The fraction of sp³-hybridized carbons (Fsp3) is 0.457. The molecule has 14 nitrogen and oxygen atoms in total. The molecule has 0 spiro atoms. The van der Waals surface area contributed by atoms with Gasteiger partial charge in [0.15, 0.2) is 5.75 Å². The number of aromatic nitrogens is 2. The molecular weight excluding hydrogens is 699 g/mol. The molecule has 16 heteroatoms. The summed E-state index contributed by atoms with van der Waals surface area (Å²) in [4.78, 5) is 82.3. The first-order valence-electron chi connectivity index (χ1n) is 17.0. The molecule has 9 rings (SSSR count). The lowest BCUT2D eigenvalue weighted by atomic mass is 9.34. The number of carbonyl (C=O) groups excluding carboxylic acids is 3. The van der Waals surface area contributed by atoms with Gasteiger partial charge in [0.25, 0.3) is 0 Å². The number of rotatable bonds is 9. The van der Waals surface area contributed by atoms with E-state index in [1.165, 1.54) is 4.90 Å². The zero-order valence-electron chi connectivity index (χ0n) is 28.8. The zero-order valence-corrected chi connectivity index (χ0v) is 30.5. The van der Waals surface area contributed by atoms with Crippen LogP contribution in [-0.4, -0.2) is 93.6 Å². The van der Waals surface area contributed by atoms with Crippen molar-refractivity contribution in [3.63, 3.8) is 0 Å². The third-order valence-corrected chi connectivity index (χ3v) is 12.2. The van der Waals surface area contributed by atoms with E-state index in [0.717, 1.165) is 44.2 Å². The van der Waals surface area contributed by atoms with Crippen LogP contribution >= 0.6 is 19.8 Å². The van der Waals surface area contributed by atoms with Crippen molar-refractivity contribution in [2.75, 3.05) is 56.0 Å². The first kappa shape index (κ1) is 34.2. The molecule has 3 fully saturated rings. The summed E-state index contributed by atoms with van der Waals surface area (Å²) >= 11 is 6.46. The standard InChI is InChI=1S/C35H41ClN6O8P/c1-18-12-38-29-24(49-33(45)40(4)8-6-37-3)9-22-21(26(18)29)5-7-41(22)31(43)34-15-35(16-34,17-34)32(44)42-14-20(11-36)28-23(42)10-25(50-51(46,47)48)30-27(28)19(2)13-39-30/h9-10,12-13,20,37-39,46-48H,5-8,11,14-17H2,1-4H3/q+1. The minimum Gasteiger partial charge on any atom is -0.408 e. The summed E-state index contributed by atoms with van der Waals surface area (Å²) in [6.45, 7) is 5.79. The maximum atomic E-state index is 14.4. The van der Waals surface area contributed by atoms with E-state index in [4.69, 9.17) is 20.9 Å². The first-order chi connectivity index (χ1) is 24.2. The second-order valence-electron chi connectivity index (χ2n) is 14.7. The molecule has 3 aliphatic carbocycles. The van der Waals surface area contributed by atoms with Crippen molar-refractivity contribution in [1.29, 1.82) is 0 Å². The molecule has 2 aromatic heterocycles. The van der Waals surface area contributed by atoms with Crippen molar-refractivity contribution < 1.29 is 38.3 Å². The number of fused-ring (bicyclic) bond motifs is 6. The van der Waals surface area contributed by atoms with Crippen LogP contribution in [0.5, 0.6) is 11.5 Å². The van der Waals surface area contributed by atoms with Crippen molar-refractivity contribution >= 4 is 70.9 Å². The topological polar surface area (TPSA) is 184 Å². The number of amides is 3. The van der Waals surface area contributed by atoms with E-state index in [-0.39, 0.29) is 29.4 Å². The Bertz CT molecular complexity index is 2120. The highest BCUT2D eigenvalue weighted by Crippen LogP contribution is 2.75. The Morgan fingerprint density at radius 1 is 0.980 bits per heavy atom. The molecule has 2 aromatic carbocycles. The molecular formula is C35H41ClN6O8P+. The lowest BCUT2D eigenvalue weighted by Crippen LogP contribution is -2.72. The molecule has 1 atom stereocenters. The fourth-order valence-electron chi connectivity index (χ4n) is 9.04. The molecule has 6 N–H and O–H groups in total. The SMILES string of the molecule is CNCCN(C)C(=O)Oc1cc2c(c3c(C)c[nH]c13)CCN2C(=O)C12CC(C(=O)N3CC(CCl)c4c3cc(O[P+](O)(O)O)c3[nH]cc(C)c43)(C1)C2. The average molecular weight is 740 g/mol. The Balaban J connectivity index is 1.05. The van der Waals surface area contributed by atoms with E-state index < -0.39 is 25.1 Å². The number of likely N-dealkylation sites (N-methyl/N-ethyl adjacent to an activating group) is 2. The van der Waals surface area contributed by atoms with Crippen LogP contribution in [0.15, 0.2) is 24.5 Å². The van der Waals surface area contributed by atoms with Crippen molar-refractivity contribution in [3.8, 4) is 11.5 Å². The van der Waals surface area contributed by atoms with Gasteiger partial charge in [0.05, 0.1) is 33.2 Å². The van der Waals surface area contributed by atoms with Gasteiger partial charge in [-0.25, -0.2) is 4.79 Å².